The van der Waals surface area contributed by atoms with Gasteiger partial charge in [0.05, 0.1) is 7.14 Å². The van der Waals surface area contributed by atoms with E-state index in [-0.39, 0.29) is 18.0 Å². The van der Waals surface area contributed by atoms with Crippen LogP contribution in [0.25, 0.3) is 6.08 Å². The highest BCUT2D eigenvalue weighted by molar-refractivity contribution is 14.1. The van der Waals surface area contributed by atoms with Crippen molar-refractivity contribution in [2.45, 2.75) is 20.5 Å². The number of nitriles is 1. The number of amides is 1. The maximum atomic E-state index is 13.4. The summed E-state index contributed by atoms with van der Waals surface area (Å²) in [6.45, 7) is 4.13. The highest BCUT2D eigenvalue weighted by atomic mass is 127. The zero-order chi connectivity index (χ0) is 23.3. The second-order valence-corrected chi connectivity index (χ2v) is 9.43. The summed E-state index contributed by atoms with van der Waals surface area (Å²) in [6.07, 6.45) is 1.56. The summed E-state index contributed by atoms with van der Waals surface area (Å²) in [5.74, 6) is -0.0947. The Morgan fingerprint density at radius 3 is 2.47 bits per heavy atom. The van der Waals surface area contributed by atoms with Gasteiger partial charge in [-0.2, -0.15) is 5.26 Å². The van der Waals surface area contributed by atoms with Crippen LogP contribution in [0, 0.1) is 38.1 Å². The molecule has 162 valence electrons. The quantitative estimate of drug-likeness (QED) is 0.182. The monoisotopic (exact) mass is 652 g/mol. The molecule has 3 rings (SSSR count). The molecular weight excluding hydrogens is 633 g/mol. The van der Waals surface area contributed by atoms with Gasteiger partial charge in [0.1, 0.15) is 29.8 Å². The second kappa shape index (κ2) is 10.9. The van der Waals surface area contributed by atoms with Crippen molar-refractivity contribution in [2.75, 3.05) is 5.32 Å². The number of hydrogen-bond acceptors (Lipinski definition) is 3. The van der Waals surface area contributed by atoms with E-state index < -0.39 is 5.91 Å². The van der Waals surface area contributed by atoms with E-state index in [0.717, 1.165) is 23.8 Å². The number of ether oxygens (including phenoxy) is 1. The van der Waals surface area contributed by atoms with Gasteiger partial charge in [-0.1, -0.05) is 24.3 Å². The number of nitrogens with one attached hydrogen (secondary N) is 1. The van der Waals surface area contributed by atoms with Crippen molar-refractivity contribution in [3.05, 3.63) is 95.4 Å². The van der Waals surface area contributed by atoms with Crippen LogP contribution in [-0.2, 0) is 11.4 Å². The van der Waals surface area contributed by atoms with Crippen molar-refractivity contribution in [3.63, 3.8) is 0 Å². The standard InChI is InChI=1S/C25H19FI2N2O2/c1-15-5-3-8-23(16(15)2)30-25(31)19(13-29)9-18-11-21(27)24(22(28)12-18)32-14-17-6-4-7-20(26)10-17/h3-12H,14H2,1-2H3,(H,30,31)/b19-9+. The predicted octanol–water partition coefficient (Wildman–Crippen LogP) is 6.78. The van der Waals surface area contributed by atoms with Gasteiger partial charge in [-0.25, -0.2) is 4.39 Å². The largest absolute Gasteiger partial charge is 0.487 e. The summed E-state index contributed by atoms with van der Waals surface area (Å²) < 4.78 is 20.9. The zero-order valence-electron chi connectivity index (χ0n) is 17.4. The molecule has 3 aromatic rings. The minimum absolute atomic E-state index is 0.00550. The van der Waals surface area contributed by atoms with Crippen LogP contribution in [-0.4, -0.2) is 5.91 Å². The molecule has 0 saturated heterocycles. The van der Waals surface area contributed by atoms with Crippen LogP contribution in [0.4, 0.5) is 10.1 Å². The van der Waals surface area contributed by atoms with Crippen LogP contribution in [0.3, 0.4) is 0 Å². The lowest BCUT2D eigenvalue weighted by Gasteiger charge is -2.12. The number of rotatable bonds is 6. The Morgan fingerprint density at radius 2 is 1.81 bits per heavy atom. The Balaban J connectivity index is 1.79. The van der Waals surface area contributed by atoms with Gasteiger partial charge in [0.15, 0.2) is 0 Å². The van der Waals surface area contributed by atoms with Crippen LogP contribution in [0.1, 0.15) is 22.3 Å². The van der Waals surface area contributed by atoms with E-state index in [1.807, 2.05) is 50.2 Å². The molecule has 0 unspecified atom stereocenters. The first-order chi connectivity index (χ1) is 15.3. The molecule has 0 aliphatic heterocycles. The lowest BCUT2D eigenvalue weighted by molar-refractivity contribution is -0.112. The number of aryl methyl sites for hydroxylation is 1. The number of carbonyl (C=O) groups excluding carboxylic acids is 1. The summed E-state index contributed by atoms with van der Waals surface area (Å²) in [5, 5.41) is 12.4. The lowest BCUT2D eigenvalue weighted by atomic mass is 10.1. The summed E-state index contributed by atoms with van der Waals surface area (Å²) in [5.41, 5.74) is 4.15. The smallest absolute Gasteiger partial charge is 0.266 e. The lowest BCUT2D eigenvalue weighted by Crippen LogP contribution is -2.14. The van der Waals surface area contributed by atoms with Crippen LogP contribution in [0.2, 0.25) is 0 Å². The van der Waals surface area contributed by atoms with Crippen molar-refractivity contribution >= 4 is 62.9 Å². The van der Waals surface area contributed by atoms with E-state index in [4.69, 9.17) is 4.74 Å². The van der Waals surface area contributed by atoms with Crippen molar-refractivity contribution in [2.24, 2.45) is 0 Å². The molecule has 4 nitrogen and oxygen atoms in total. The Kier molecular flexibility index (Phi) is 8.26. The van der Waals surface area contributed by atoms with E-state index in [1.165, 1.54) is 12.1 Å². The molecule has 1 amide bonds. The molecule has 0 radical (unpaired) electrons. The van der Waals surface area contributed by atoms with Crippen molar-refractivity contribution in [1.82, 2.24) is 0 Å². The number of carbonyl (C=O) groups is 1. The number of anilines is 1. The van der Waals surface area contributed by atoms with Gasteiger partial charge in [-0.15, -0.1) is 0 Å². The first-order valence-corrected chi connectivity index (χ1v) is 11.8. The van der Waals surface area contributed by atoms with Crippen LogP contribution >= 0.6 is 45.2 Å². The minimum Gasteiger partial charge on any atom is -0.487 e. The molecule has 32 heavy (non-hydrogen) atoms. The summed E-state index contributed by atoms with van der Waals surface area (Å²) in [7, 11) is 0. The molecule has 0 aliphatic rings. The zero-order valence-corrected chi connectivity index (χ0v) is 21.7. The number of benzene rings is 3. The second-order valence-electron chi connectivity index (χ2n) is 7.10. The van der Waals surface area contributed by atoms with Crippen molar-refractivity contribution in [3.8, 4) is 11.8 Å². The van der Waals surface area contributed by atoms with Crippen LogP contribution < -0.4 is 10.1 Å². The van der Waals surface area contributed by atoms with Gasteiger partial charge < -0.3 is 10.1 Å². The summed E-state index contributed by atoms with van der Waals surface area (Å²) in [4.78, 5) is 12.7. The first kappa shape index (κ1) is 24.2. The Morgan fingerprint density at radius 1 is 1.12 bits per heavy atom. The molecule has 0 atom stereocenters. The van der Waals surface area contributed by atoms with Gasteiger partial charge in [0.2, 0.25) is 0 Å². The van der Waals surface area contributed by atoms with E-state index in [9.17, 15) is 14.4 Å². The minimum atomic E-state index is -0.461. The summed E-state index contributed by atoms with van der Waals surface area (Å²) >= 11 is 4.29. The predicted molar refractivity (Wildman–Crippen MR) is 141 cm³/mol. The highest BCUT2D eigenvalue weighted by Crippen LogP contribution is 2.31. The topological polar surface area (TPSA) is 62.1 Å². The fourth-order valence-corrected chi connectivity index (χ4v) is 5.10. The van der Waals surface area contributed by atoms with Crippen LogP contribution in [0.5, 0.6) is 5.75 Å². The Labute approximate surface area is 213 Å². The molecule has 0 fully saturated rings. The third kappa shape index (κ3) is 6.07. The molecule has 0 bridgehead atoms. The third-order valence-corrected chi connectivity index (χ3v) is 6.42. The highest BCUT2D eigenvalue weighted by Gasteiger charge is 2.14. The first-order valence-electron chi connectivity index (χ1n) is 9.64. The molecule has 0 saturated carbocycles. The molecule has 0 heterocycles. The number of hydrogen-bond donors (Lipinski definition) is 1. The van der Waals surface area contributed by atoms with E-state index in [2.05, 4.69) is 50.5 Å². The maximum absolute atomic E-state index is 13.4. The molecule has 3 aromatic carbocycles. The number of nitrogens with zero attached hydrogens (tertiary/aromatic N) is 1. The van der Waals surface area contributed by atoms with Gasteiger partial charge in [0, 0.05) is 5.69 Å². The fourth-order valence-electron chi connectivity index (χ4n) is 2.97. The average Bonchev–Trinajstić information content (AvgIpc) is 2.74. The van der Waals surface area contributed by atoms with E-state index in [1.54, 1.807) is 18.2 Å². The maximum Gasteiger partial charge on any atom is 0.266 e. The Hall–Kier alpha value is -2.45. The molecule has 0 spiro atoms. The van der Waals surface area contributed by atoms with Gasteiger partial charge in [-0.05, 0) is 118 Å². The van der Waals surface area contributed by atoms with Crippen LogP contribution in [0.15, 0.2) is 60.2 Å². The van der Waals surface area contributed by atoms with Crippen molar-refractivity contribution < 1.29 is 13.9 Å². The summed E-state index contributed by atoms with van der Waals surface area (Å²) in [6, 6.07) is 17.6. The number of halogens is 3. The molecule has 0 aliphatic carbocycles. The van der Waals surface area contributed by atoms with Gasteiger partial charge in [0.25, 0.3) is 5.91 Å². The molecular formula is C25H19FI2N2O2. The van der Waals surface area contributed by atoms with E-state index >= 15 is 0 Å². The molecule has 1 N–H and O–H groups in total. The molecule has 0 aromatic heterocycles. The SMILES string of the molecule is Cc1cccc(NC(=O)/C(C#N)=C/c2cc(I)c(OCc3cccc(F)c3)c(I)c2)c1C. The molecule has 7 heteroatoms. The normalized spacial score (nSPS) is 11.1. The van der Waals surface area contributed by atoms with Gasteiger partial charge >= 0.3 is 0 Å². The van der Waals surface area contributed by atoms with Gasteiger partial charge in [-0.3, -0.25) is 4.79 Å². The Bertz CT molecular complexity index is 1230. The van der Waals surface area contributed by atoms with E-state index in [0.29, 0.717) is 17.0 Å². The third-order valence-electron chi connectivity index (χ3n) is 4.82. The fraction of sp³-hybridized carbons (Fsp3) is 0.120. The average molecular weight is 652 g/mol. The van der Waals surface area contributed by atoms with Crippen molar-refractivity contribution in [1.29, 1.82) is 5.26 Å².